The number of hydrogen-bond donors (Lipinski definition) is 0. The average molecular weight is 277 g/mol. The summed E-state index contributed by atoms with van der Waals surface area (Å²) >= 11 is 17.7. The third-order valence-corrected chi connectivity index (χ3v) is 5.47. The maximum atomic E-state index is 5.91. The molecule has 0 bridgehead atoms. The van der Waals surface area contributed by atoms with Crippen LogP contribution in [-0.4, -0.2) is 6.16 Å². The lowest BCUT2D eigenvalue weighted by molar-refractivity contribution is 0.236. The summed E-state index contributed by atoms with van der Waals surface area (Å²) in [5.41, 5.74) is 0. The van der Waals surface area contributed by atoms with Crippen molar-refractivity contribution in [1.29, 1.82) is 0 Å². The van der Waals surface area contributed by atoms with Gasteiger partial charge in [-0.05, 0) is 43.4 Å². The van der Waals surface area contributed by atoms with Crippen LogP contribution in [0, 0.1) is 17.8 Å². The Balaban J connectivity index is 2.29. The molecular formula is C10H19Cl3P+. The Morgan fingerprint density at radius 1 is 1.07 bits per heavy atom. The lowest BCUT2D eigenvalue weighted by Crippen LogP contribution is -2.20. The Labute approximate surface area is 102 Å². The van der Waals surface area contributed by atoms with Gasteiger partial charge in [-0.1, -0.05) is 13.8 Å². The molecule has 4 heteroatoms. The second-order valence-corrected chi connectivity index (χ2v) is 13.0. The number of hydrogen-bond acceptors (Lipinski definition) is 0. The van der Waals surface area contributed by atoms with E-state index in [1.54, 1.807) is 0 Å². The van der Waals surface area contributed by atoms with Crippen molar-refractivity contribution in [2.45, 2.75) is 39.5 Å². The fourth-order valence-corrected chi connectivity index (χ4v) is 5.04. The van der Waals surface area contributed by atoms with E-state index in [9.17, 15) is 0 Å². The van der Waals surface area contributed by atoms with Crippen molar-refractivity contribution in [3.8, 4) is 0 Å². The van der Waals surface area contributed by atoms with Gasteiger partial charge in [-0.3, -0.25) is 0 Å². The molecule has 1 fully saturated rings. The van der Waals surface area contributed by atoms with Crippen molar-refractivity contribution in [2.75, 3.05) is 6.16 Å². The molecule has 0 spiro atoms. The van der Waals surface area contributed by atoms with Crippen LogP contribution in [0.4, 0.5) is 0 Å². The van der Waals surface area contributed by atoms with Gasteiger partial charge in [0, 0.05) is 0 Å². The summed E-state index contributed by atoms with van der Waals surface area (Å²) < 4.78 is 0. The minimum atomic E-state index is -2.11. The smallest absolute Gasteiger partial charge is 0.0625 e. The first-order valence-corrected chi connectivity index (χ1v) is 10.0. The van der Waals surface area contributed by atoms with E-state index in [0.29, 0.717) is 5.92 Å². The molecule has 0 aromatic rings. The SMILES string of the molecule is CC(C)C1CCC(C[P+](Cl)(Cl)Cl)CC1. The van der Waals surface area contributed by atoms with Crippen molar-refractivity contribution < 1.29 is 0 Å². The van der Waals surface area contributed by atoms with Crippen molar-refractivity contribution >= 4 is 39.0 Å². The fourth-order valence-electron chi connectivity index (χ4n) is 2.33. The summed E-state index contributed by atoms with van der Waals surface area (Å²) in [7, 11) is 0. The Morgan fingerprint density at radius 3 is 1.93 bits per heavy atom. The summed E-state index contributed by atoms with van der Waals surface area (Å²) in [6, 6.07) is 0. The predicted molar refractivity (Wildman–Crippen MR) is 69.6 cm³/mol. The summed E-state index contributed by atoms with van der Waals surface area (Å²) in [4.78, 5) is 0. The summed E-state index contributed by atoms with van der Waals surface area (Å²) in [5, 5.41) is -2.11. The van der Waals surface area contributed by atoms with Crippen LogP contribution in [0.25, 0.3) is 0 Å². The van der Waals surface area contributed by atoms with Gasteiger partial charge in [-0.2, -0.15) is 0 Å². The highest BCUT2D eigenvalue weighted by Crippen LogP contribution is 2.75. The third kappa shape index (κ3) is 4.88. The first kappa shape index (κ1) is 13.4. The van der Waals surface area contributed by atoms with Crippen LogP contribution in [0.1, 0.15) is 39.5 Å². The van der Waals surface area contributed by atoms with Gasteiger partial charge in [0.25, 0.3) is 0 Å². The molecule has 0 N–H and O–H groups in total. The molecule has 0 saturated heterocycles. The summed E-state index contributed by atoms with van der Waals surface area (Å²) in [6.45, 7) is 4.62. The molecule has 1 rings (SSSR count). The minimum Gasteiger partial charge on any atom is -0.0625 e. The highest BCUT2D eigenvalue weighted by Gasteiger charge is 2.37. The maximum Gasteiger partial charge on any atom is 0.308 e. The third-order valence-electron chi connectivity index (χ3n) is 3.30. The van der Waals surface area contributed by atoms with Crippen LogP contribution >= 0.6 is 39.0 Å². The van der Waals surface area contributed by atoms with E-state index >= 15 is 0 Å². The van der Waals surface area contributed by atoms with E-state index in [-0.39, 0.29) is 0 Å². The summed E-state index contributed by atoms with van der Waals surface area (Å²) in [5.74, 6) is 2.39. The van der Waals surface area contributed by atoms with Crippen LogP contribution in [0.3, 0.4) is 0 Å². The molecule has 14 heavy (non-hydrogen) atoms. The van der Waals surface area contributed by atoms with Crippen molar-refractivity contribution in [2.24, 2.45) is 17.8 Å². The standard InChI is InChI=1S/C10H19Cl3P/c1-8(2)10-5-3-9(4-6-10)7-14(11,12)13/h8-10H,3-7H2,1-2H3/q+1. The normalized spacial score (nSPS) is 29.6. The second kappa shape index (κ2) is 5.58. The van der Waals surface area contributed by atoms with Crippen LogP contribution < -0.4 is 0 Å². The largest absolute Gasteiger partial charge is 0.308 e. The first-order valence-electron chi connectivity index (χ1n) is 5.35. The molecule has 0 aromatic carbocycles. The predicted octanol–water partition coefficient (Wildman–Crippen LogP) is 5.93. The van der Waals surface area contributed by atoms with Crippen molar-refractivity contribution in [1.82, 2.24) is 0 Å². The van der Waals surface area contributed by atoms with Crippen LogP contribution in [0.5, 0.6) is 0 Å². The molecule has 1 aliphatic rings. The molecule has 0 atom stereocenters. The van der Waals surface area contributed by atoms with Gasteiger partial charge in [0.15, 0.2) is 0 Å². The van der Waals surface area contributed by atoms with Crippen molar-refractivity contribution in [3.63, 3.8) is 0 Å². The lowest BCUT2D eigenvalue weighted by atomic mass is 9.77. The zero-order valence-electron chi connectivity index (χ0n) is 8.85. The number of rotatable bonds is 3. The lowest BCUT2D eigenvalue weighted by Gasteiger charge is -2.30. The van der Waals surface area contributed by atoms with E-state index in [4.69, 9.17) is 33.7 Å². The van der Waals surface area contributed by atoms with Gasteiger partial charge in [-0.25, -0.2) is 0 Å². The fraction of sp³-hybridized carbons (Fsp3) is 1.00. The molecule has 0 heterocycles. The topological polar surface area (TPSA) is 0 Å². The molecule has 0 nitrogen and oxygen atoms in total. The van der Waals surface area contributed by atoms with E-state index in [1.807, 2.05) is 0 Å². The van der Waals surface area contributed by atoms with Gasteiger partial charge in [0.05, 0.1) is 0 Å². The highest BCUT2D eigenvalue weighted by molar-refractivity contribution is 8.32. The molecule has 1 aliphatic carbocycles. The Kier molecular flexibility index (Phi) is 5.32. The van der Waals surface area contributed by atoms with Gasteiger partial charge < -0.3 is 0 Å². The Bertz CT molecular complexity index is 169. The quantitative estimate of drug-likeness (QED) is 0.561. The Hall–Kier alpha value is 1.30. The molecule has 0 aliphatic heterocycles. The zero-order chi connectivity index (χ0) is 10.8. The Morgan fingerprint density at radius 2 is 1.57 bits per heavy atom. The monoisotopic (exact) mass is 275 g/mol. The van der Waals surface area contributed by atoms with Gasteiger partial charge in [-0.15, -0.1) is 0 Å². The van der Waals surface area contributed by atoms with Gasteiger partial charge in [0.2, 0.25) is 0 Å². The molecule has 0 aromatic heterocycles. The molecule has 1 saturated carbocycles. The van der Waals surface area contributed by atoms with Crippen LogP contribution in [0.15, 0.2) is 0 Å². The molecular weight excluding hydrogens is 257 g/mol. The van der Waals surface area contributed by atoms with E-state index in [2.05, 4.69) is 13.8 Å². The van der Waals surface area contributed by atoms with Crippen molar-refractivity contribution in [3.05, 3.63) is 0 Å². The van der Waals surface area contributed by atoms with Crippen LogP contribution in [0.2, 0.25) is 0 Å². The van der Waals surface area contributed by atoms with E-state index in [0.717, 1.165) is 18.0 Å². The van der Waals surface area contributed by atoms with E-state index in [1.165, 1.54) is 25.7 Å². The van der Waals surface area contributed by atoms with Gasteiger partial charge >= 0.3 is 5.32 Å². The second-order valence-electron chi connectivity index (χ2n) is 4.76. The molecule has 0 unspecified atom stereocenters. The first-order chi connectivity index (χ1) is 6.38. The average Bonchev–Trinajstić information content (AvgIpc) is 2.02. The minimum absolute atomic E-state index is 0.672. The maximum absolute atomic E-state index is 5.91. The molecule has 84 valence electrons. The zero-order valence-corrected chi connectivity index (χ0v) is 12.0. The van der Waals surface area contributed by atoms with Gasteiger partial charge in [0.1, 0.15) is 39.9 Å². The van der Waals surface area contributed by atoms with E-state index < -0.39 is 5.32 Å². The summed E-state index contributed by atoms with van der Waals surface area (Å²) in [6.07, 6.45) is 6.01. The molecule has 0 radical (unpaired) electrons. The molecule has 0 amide bonds. The van der Waals surface area contributed by atoms with Crippen LogP contribution in [-0.2, 0) is 0 Å². The number of halogens is 3. The highest BCUT2D eigenvalue weighted by atomic mass is 36.1.